The first-order valence-electron chi connectivity index (χ1n) is 4.45. The second-order valence-corrected chi connectivity index (χ2v) is 5.25. The standard InChI is InChI=1S/C11H10ClNS2/c12-9-2-1-3-10(13)11(9)15-7-8-4-5-14-6-8/h1-6H,7,13H2. The molecular formula is C11H10ClNS2. The molecule has 0 unspecified atom stereocenters. The van der Waals surface area contributed by atoms with Crippen molar-refractivity contribution in [1.82, 2.24) is 0 Å². The largest absolute Gasteiger partial charge is 0.398 e. The minimum absolute atomic E-state index is 0.732. The summed E-state index contributed by atoms with van der Waals surface area (Å²) in [5.74, 6) is 0.914. The predicted molar refractivity (Wildman–Crippen MR) is 69.7 cm³/mol. The lowest BCUT2D eigenvalue weighted by molar-refractivity contribution is 1.41. The monoisotopic (exact) mass is 255 g/mol. The van der Waals surface area contributed by atoms with E-state index in [1.807, 2.05) is 18.2 Å². The summed E-state index contributed by atoms with van der Waals surface area (Å²) >= 11 is 9.46. The van der Waals surface area contributed by atoms with Crippen molar-refractivity contribution in [2.45, 2.75) is 10.6 Å². The maximum atomic E-state index is 6.07. The second kappa shape index (κ2) is 4.92. The zero-order valence-corrected chi connectivity index (χ0v) is 10.3. The third kappa shape index (κ3) is 2.68. The first-order valence-corrected chi connectivity index (χ1v) is 6.76. The Morgan fingerprint density at radius 2 is 2.20 bits per heavy atom. The van der Waals surface area contributed by atoms with Gasteiger partial charge < -0.3 is 5.73 Å². The maximum Gasteiger partial charge on any atom is 0.0562 e. The molecule has 1 nitrogen and oxygen atoms in total. The van der Waals surface area contributed by atoms with Crippen molar-refractivity contribution < 1.29 is 0 Å². The number of hydrogen-bond acceptors (Lipinski definition) is 3. The van der Waals surface area contributed by atoms with E-state index in [4.69, 9.17) is 17.3 Å². The molecule has 0 amide bonds. The molecule has 0 aliphatic rings. The van der Waals surface area contributed by atoms with Crippen LogP contribution < -0.4 is 5.73 Å². The Balaban J connectivity index is 2.11. The molecule has 0 atom stereocenters. The molecule has 1 aromatic carbocycles. The lowest BCUT2D eigenvalue weighted by Gasteiger charge is -2.06. The molecule has 4 heteroatoms. The Labute approximate surface area is 102 Å². The van der Waals surface area contributed by atoms with Crippen LogP contribution in [0.1, 0.15) is 5.56 Å². The lowest BCUT2D eigenvalue weighted by Crippen LogP contribution is -1.89. The van der Waals surface area contributed by atoms with Crippen LogP contribution in [0.25, 0.3) is 0 Å². The fourth-order valence-electron chi connectivity index (χ4n) is 1.21. The van der Waals surface area contributed by atoms with E-state index < -0.39 is 0 Å². The second-order valence-electron chi connectivity index (χ2n) is 3.08. The Kier molecular flexibility index (Phi) is 3.57. The van der Waals surface area contributed by atoms with E-state index in [0.717, 1.165) is 21.4 Å². The number of rotatable bonds is 3. The normalized spacial score (nSPS) is 10.5. The zero-order chi connectivity index (χ0) is 10.7. The summed E-state index contributed by atoms with van der Waals surface area (Å²) < 4.78 is 0. The van der Waals surface area contributed by atoms with Gasteiger partial charge in [0, 0.05) is 16.3 Å². The van der Waals surface area contributed by atoms with Crippen LogP contribution in [0.4, 0.5) is 5.69 Å². The van der Waals surface area contributed by atoms with Gasteiger partial charge in [-0.2, -0.15) is 11.3 Å². The molecule has 0 saturated heterocycles. The van der Waals surface area contributed by atoms with Crippen molar-refractivity contribution in [3.8, 4) is 0 Å². The molecule has 2 rings (SSSR count). The van der Waals surface area contributed by atoms with Crippen LogP contribution in [0, 0.1) is 0 Å². The molecule has 0 aliphatic heterocycles. The Morgan fingerprint density at radius 3 is 2.87 bits per heavy atom. The summed E-state index contributed by atoms with van der Waals surface area (Å²) in [5, 5.41) is 4.95. The van der Waals surface area contributed by atoms with Crippen LogP contribution in [0.15, 0.2) is 39.9 Å². The molecule has 0 bridgehead atoms. The van der Waals surface area contributed by atoms with Crippen molar-refractivity contribution in [2.24, 2.45) is 0 Å². The molecule has 0 fully saturated rings. The third-order valence-corrected chi connectivity index (χ3v) is 4.34. The molecule has 0 aliphatic carbocycles. The molecule has 1 aromatic heterocycles. The molecular weight excluding hydrogens is 246 g/mol. The Hall–Kier alpha value is -0.640. The fourth-order valence-corrected chi connectivity index (χ4v) is 3.26. The van der Waals surface area contributed by atoms with Gasteiger partial charge in [-0.15, -0.1) is 11.8 Å². The smallest absolute Gasteiger partial charge is 0.0562 e. The number of halogens is 1. The minimum Gasteiger partial charge on any atom is -0.398 e. The molecule has 15 heavy (non-hydrogen) atoms. The summed E-state index contributed by atoms with van der Waals surface area (Å²) in [4.78, 5) is 0.977. The van der Waals surface area contributed by atoms with Gasteiger partial charge in [0.1, 0.15) is 0 Å². The summed E-state index contributed by atoms with van der Waals surface area (Å²) in [7, 11) is 0. The SMILES string of the molecule is Nc1cccc(Cl)c1SCc1ccsc1. The number of thiophene rings is 1. The Bertz CT molecular complexity index is 420. The number of anilines is 1. The number of nitrogens with two attached hydrogens (primary N) is 1. The highest BCUT2D eigenvalue weighted by Gasteiger charge is 2.05. The van der Waals surface area contributed by atoms with E-state index >= 15 is 0 Å². The van der Waals surface area contributed by atoms with Gasteiger partial charge in [-0.1, -0.05) is 17.7 Å². The predicted octanol–water partition coefficient (Wildman–Crippen LogP) is 4.28. The minimum atomic E-state index is 0.732. The van der Waals surface area contributed by atoms with Crippen LogP contribution in [-0.2, 0) is 5.75 Å². The van der Waals surface area contributed by atoms with Crippen molar-refractivity contribution >= 4 is 40.4 Å². The summed E-state index contributed by atoms with van der Waals surface area (Å²) in [5.41, 5.74) is 7.92. The van der Waals surface area contributed by atoms with Crippen LogP contribution in [-0.4, -0.2) is 0 Å². The van der Waals surface area contributed by atoms with E-state index in [-0.39, 0.29) is 0 Å². The van der Waals surface area contributed by atoms with Gasteiger partial charge >= 0.3 is 0 Å². The molecule has 2 aromatic rings. The number of benzene rings is 1. The van der Waals surface area contributed by atoms with Gasteiger partial charge in [0.05, 0.1) is 5.02 Å². The summed E-state index contributed by atoms with van der Waals surface area (Å²) in [6, 6.07) is 7.73. The van der Waals surface area contributed by atoms with Crippen LogP contribution in [0.5, 0.6) is 0 Å². The lowest BCUT2D eigenvalue weighted by atomic mass is 10.3. The van der Waals surface area contributed by atoms with Crippen LogP contribution in [0.3, 0.4) is 0 Å². The van der Waals surface area contributed by atoms with Crippen molar-refractivity contribution in [1.29, 1.82) is 0 Å². The van der Waals surface area contributed by atoms with E-state index in [0.29, 0.717) is 0 Å². The highest BCUT2D eigenvalue weighted by molar-refractivity contribution is 7.98. The molecule has 0 saturated carbocycles. The molecule has 0 radical (unpaired) electrons. The van der Waals surface area contributed by atoms with E-state index in [9.17, 15) is 0 Å². The first kappa shape index (κ1) is 10.9. The third-order valence-electron chi connectivity index (χ3n) is 1.96. The topological polar surface area (TPSA) is 26.0 Å². The van der Waals surface area contributed by atoms with Crippen LogP contribution >= 0.6 is 34.7 Å². The summed E-state index contributed by atoms with van der Waals surface area (Å²) in [6.45, 7) is 0. The average molecular weight is 256 g/mol. The molecule has 2 N–H and O–H groups in total. The van der Waals surface area contributed by atoms with Gasteiger partial charge in [-0.25, -0.2) is 0 Å². The van der Waals surface area contributed by atoms with Crippen molar-refractivity contribution in [2.75, 3.05) is 5.73 Å². The van der Waals surface area contributed by atoms with Crippen molar-refractivity contribution in [3.63, 3.8) is 0 Å². The van der Waals surface area contributed by atoms with Crippen LogP contribution in [0.2, 0.25) is 5.02 Å². The van der Waals surface area contributed by atoms with Gasteiger partial charge in [0.15, 0.2) is 0 Å². The molecule has 1 heterocycles. The highest BCUT2D eigenvalue weighted by atomic mass is 35.5. The average Bonchev–Trinajstić information content (AvgIpc) is 2.70. The Morgan fingerprint density at radius 1 is 1.33 bits per heavy atom. The molecule has 0 spiro atoms. The van der Waals surface area contributed by atoms with E-state index in [1.54, 1.807) is 23.1 Å². The van der Waals surface area contributed by atoms with E-state index in [2.05, 4.69) is 16.8 Å². The van der Waals surface area contributed by atoms with Crippen molar-refractivity contribution in [3.05, 3.63) is 45.6 Å². The highest BCUT2D eigenvalue weighted by Crippen LogP contribution is 2.34. The quantitative estimate of drug-likeness (QED) is 0.655. The summed E-state index contributed by atoms with van der Waals surface area (Å²) in [6.07, 6.45) is 0. The first-order chi connectivity index (χ1) is 7.27. The maximum absolute atomic E-state index is 6.07. The molecule has 78 valence electrons. The van der Waals surface area contributed by atoms with Gasteiger partial charge in [0.25, 0.3) is 0 Å². The number of thioether (sulfide) groups is 1. The van der Waals surface area contributed by atoms with E-state index in [1.165, 1.54) is 5.56 Å². The number of nitrogen functional groups attached to an aromatic ring is 1. The number of hydrogen-bond donors (Lipinski definition) is 1. The fraction of sp³-hybridized carbons (Fsp3) is 0.0909. The zero-order valence-electron chi connectivity index (χ0n) is 7.94. The van der Waals surface area contributed by atoms with Gasteiger partial charge in [-0.05, 0) is 34.5 Å². The van der Waals surface area contributed by atoms with Gasteiger partial charge in [0.2, 0.25) is 0 Å². The van der Waals surface area contributed by atoms with Gasteiger partial charge in [-0.3, -0.25) is 0 Å².